The molecule has 0 fully saturated rings. The lowest BCUT2D eigenvalue weighted by Crippen LogP contribution is -2.01. The van der Waals surface area contributed by atoms with Gasteiger partial charge in [0, 0.05) is 5.02 Å². The Morgan fingerprint density at radius 2 is 1.95 bits per heavy atom. The van der Waals surface area contributed by atoms with E-state index in [2.05, 4.69) is 5.10 Å². The normalized spacial score (nSPS) is 11.1. The molecule has 0 saturated heterocycles. The van der Waals surface area contributed by atoms with Gasteiger partial charge in [0.25, 0.3) is 6.43 Å². The molecule has 1 aromatic heterocycles. The van der Waals surface area contributed by atoms with Crippen LogP contribution < -0.4 is 0 Å². The van der Waals surface area contributed by atoms with Gasteiger partial charge in [-0.15, -0.1) is 0 Å². The molecule has 0 spiro atoms. The number of carbonyl (C=O) groups is 1. The van der Waals surface area contributed by atoms with E-state index in [-0.39, 0.29) is 10.7 Å². The van der Waals surface area contributed by atoms with E-state index in [1.165, 1.54) is 18.2 Å². The van der Waals surface area contributed by atoms with Crippen molar-refractivity contribution in [1.29, 1.82) is 0 Å². The molecule has 0 aliphatic heterocycles. The van der Waals surface area contributed by atoms with Crippen LogP contribution in [0, 0.1) is 0 Å². The lowest BCUT2D eigenvalue weighted by Gasteiger charge is -2.05. The van der Waals surface area contributed by atoms with Crippen molar-refractivity contribution in [2.24, 2.45) is 0 Å². The van der Waals surface area contributed by atoms with Crippen LogP contribution in [0.5, 0.6) is 0 Å². The Kier molecular flexibility index (Phi) is 4.17. The number of aromatic nitrogens is 2. The van der Waals surface area contributed by atoms with Gasteiger partial charge >= 0.3 is 5.97 Å². The zero-order chi connectivity index (χ0) is 15.0. The van der Waals surface area contributed by atoms with Crippen LogP contribution in [0.3, 0.4) is 0 Å². The van der Waals surface area contributed by atoms with Gasteiger partial charge in [-0.05, 0) is 18.2 Å². The molecular formula is C11H5Cl3F2N2O2. The number of rotatable bonds is 3. The SMILES string of the molecule is O=C(O)c1c(C(F)F)nn(-c2ccc(Cl)cc2Cl)c1Cl. The van der Waals surface area contributed by atoms with Crippen molar-refractivity contribution >= 4 is 40.8 Å². The van der Waals surface area contributed by atoms with Crippen LogP contribution in [0.25, 0.3) is 5.69 Å². The molecule has 0 radical (unpaired) electrons. The van der Waals surface area contributed by atoms with E-state index in [1.807, 2.05) is 0 Å². The number of carboxylic acids is 1. The lowest BCUT2D eigenvalue weighted by atomic mass is 10.2. The Morgan fingerprint density at radius 3 is 2.40 bits per heavy atom. The Morgan fingerprint density at radius 1 is 1.30 bits per heavy atom. The first-order valence-corrected chi connectivity index (χ1v) is 6.21. The average molecular weight is 342 g/mol. The first kappa shape index (κ1) is 15.0. The quantitative estimate of drug-likeness (QED) is 0.896. The number of halogens is 5. The molecule has 0 bridgehead atoms. The zero-order valence-corrected chi connectivity index (χ0v) is 11.7. The molecule has 1 aromatic carbocycles. The fourth-order valence-electron chi connectivity index (χ4n) is 1.58. The minimum absolute atomic E-state index is 0.0969. The summed E-state index contributed by atoms with van der Waals surface area (Å²) in [6.45, 7) is 0. The maximum absolute atomic E-state index is 12.8. The van der Waals surface area contributed by atoms with Gasteiger partial charge in [-0.2, -0.15) is 5.10 Å². The molecule has 0 amide bonds. The summed E-state index contributed by atoms with van der Waals surface area (Å²) < 4.78 is 26.5. The third-order valence-electron chi connectivity index (χ3n) is 2.41. The maximum Gasteiger partial charge on any atom is 0.341 e. The third kappa shape index (κ3) is 2.59. The topological polar surface area (TPSA) is 55.1 Å². The number of alkyl halides is 2. The number of carboxylic acid groups (broad SMARTS) is 1. The first-order chi connectivity index (χ1) is 9.32. The second kappa shape index (κ2) is 5.55. The van der Waals surface area contributed by atoms with E-state index in [4.69, 9.17) is 39.9 Å². The summed E-state index contributed by atoms with van der Waals surface area (Å²) in [6.07, 6.45) is -3.08. The second-order valence-corrected chi connectivity index (χ2v) is 4.87. The second-order valence-electron chi connectivity index (χ2n) is 3.66. The van der Waals surface area contributed by atoms with Gasteiger partial charge in [-0.25, -0.2) is 18.3 Å². The standard InChI is InChI=1S/C11H5Cl3F2N2O2/c12-4-1-2-6(5(13)3-4)18-9(14)7(11(19)20)8(17-18)10(15)16/h1-3,10H,(H,19,20). The molecule has 2 aromatic rings. The van der Waals surface area contributed by atoms with Crippen molar-refractivity contribution < 1.29 is 18.7 Å². The number of hydrogen-bond donors (Lipinski definition) is 1. The van der Waals surface area contributed by atoms with Crippen LogP contribution in [0.15, 0.2) is 18.2 Å². The molecular weight excluding hydrogens is 336 g/mol. The van der Waals surface area contributed by atoms with Gasteiger partial charge in [-0.1, -0.05) is 34.8 Å². The molecule has 1 heterocycles. The predicted molar refractivity (Wildman–Crippen MR) is 70.5 cm³/mol. The van der Waals surface area contributed by atoms with Crippen LogP contribution in [0.4, 0.5) is 8.78 Å². The number of nitrogens with zero attached hydrogens (tertiary/aromatic N) is 2. The molecule has 2 rings (SSSR count). The molecule has 0 unspecified atom stereocenters. The van der Waals surface area contributed by atoms with E-state index in [1.54, 1.807) is 0 Å². The molecule has 0 aliphatic carbocycles. The highest BCUT2D eigenvalue weighted by Gasteiger charge is 2.29. The smallest absolute Gasteiger partial charge is 0.341 e. The highest BCUT2D eigenvalue weighted by molar-refractivity contribution is 6.36. The Hall–Kier alpha value is -1.37. The highest BCUT2D eigenvalue weighted by atomic mass is 35.5. The molecule has 0 aliphatic rings. The minimum atomic E-state index is -3.08. The minimum Gasteiger partial charge on any atom is -0.478 e. The summed E-state index contributed by atoms with van der Waals surface area (Å²) >= 11 is 17.4. The van der Waals surface area contributed by atoms with Crippen molar-refractivity contribution in [3.8, 4) is 5.69 Å². The summed E-state index contributed by atoms with van der Waals surface area (Å²) in [6, 6.07) is 4.20. The summed E-state index contributed by atoms with van der Waals surface area (Å²) in [5.74, 6) is -1.60. The van der Waals surface area contributed by atoms with Crippen molar-refractivity contribution in [2.45, 2.75) is 6.43 Å². The maximum atomic E-state index is 12.8. The predicted octanol–water partition coefficient (Wildman–Crippen LogP) is 4.47. The van der Waals surface area contributed by atoms with Gasteiger partial charge in [-0.3, -0.25) is 0 Å². The van der Waals surface area contributed by atoms with Crippen molar-refractivity contribution in [3.63, 3.8) is 0 Å². The lowest BCUT2D eigenvalue weighted by molar-refractivity contribution is 0.0684. The molecule has 9 heteroatoms. The van der Waals surface area contributed by atoms with Crippen molar-refractivity contribution in [1.82, 2.24) is 9.78 Å². The van der Waals surface area contributed by atoms with Gasteiger partial charge in [0.05, 0.1) is 10.7 Å². The van der Waals surface area contributed by atoms with E-state index in [0.29, 0.717) is 5.02 Å². The van der Waals surface area contributed by atoms with Gasteiger partial charge < -0.3 is 5.11 Å². The molecule has 20 heavy (non-hydrogen) atoms. The van der Waals surface area contributed by atoms with Gasteiger partial charge in [0.15, 0.2) is 0 Å². The molecule has 1 N–H and O–H groups in total. The molecule has 0 saturated carbocycles. The Labute approximate surface area is 126 Å². The molecule has 0 atom stereocenters. The highest BCUT2D eigenvalue weighted by Crippen LogP contribution is 2.32. The van der Waals surface area contributed by atoms with E-state index >= 15 is 0 Å². The third-order valence-corrected chi connectivity index (χ3v) is 3.30. The Balaban J connectivity index is 2.69. The van der Waals surface area contributed by atoms with Crippen molar-refractivity contribution in [3.05, 3.63) is 44.7 Å². The van der Waals surface area contributed by atoms with Gasteiger partial charge in [0.1, 0.15) is 16.4 Å². The summed E-state index contributed by atoms with van der Waals surface area (Å²) in [5.41, 5.74) is -1.53. The van der Waals surface area contributed by atoms with Gasteiger partial charge in [0.2, 0.25) is 0 Å². The van der Waals surface area contributed by atoms with E-state index < -0.39 is 28.8 Å². The van der Waals surface area contributed by atoms with Crippen LogP contribution in [0.2, 0.25) is 15.2 Å². The number of aromatic carboxylic acids is 1. The summed E-state index contributed by atoms with van der Waals surface area (Å²) in [4.78, 5) is 11.0. The van der Waals surface area contributed by atoms with Crippen LogP contribution in [-0.2, 0) is 0 Å². The Bertz CT molecular complexity index is 689. The number of benzene rings is 1. The largest absolute Gasteiger partial charge is 0.478 e. The first-order valence-electron chi connectivity index (χ1n) is 5.08. The zero-order valence-electron chi connectivity index (χ0n) is 9.45. The summed E-state index contributed by atoms with van der Waals surface area (Å²) in [5, 5.41) is 12.4. The van der Waals surface area contributed by atoms with Crippen LogP contribution in [0.1, 0.15) is 22.5 Å². The van der Waals surface area contributed by atoms with Crippen LogP contribution in [-0.4, -0.2) is 20.9 Å². The molecule has 4 nitrogen and oxygen atoms in total. The number of hydrogen-bond acceptors (Lipinski definition) is 2. The van der Waals surface area contributed by atoms with Crippen molar-refractivity contribution in [2.75, 3.05) is 0 Å². The fraction of sp³-hybridized carbons (Fsp3) is 0.0909. The van der Waals surface area contributed by atoms with E-state index in [9.17, 15) is 13.6 Å². The monoisotopic (exact) mass is 340 g/mol. The average Bonchev–Trinajstić information content (AvgIpc) is 2.67. The van der Waals surface area contributed by atoms with Crippen LogP contribution >= 0.6 is 34.8 Å². The summed E-state index contributed by atoms with van der Waals surface area (Å²) in [7, 11) is 0. The van der Waals surface area contributed by atoms with E-state index in [0.717, 1.165) is 4.68 Å². The molecule has 106 valence electrons. The fourth-order valence-corrected chi connectivity index (χ4v) is 2.37.